The average molecular weight is 268 g/mol. The third-order valence-electron chi connectivity index (χ3n) is 2.86. The third-order valence-corrected chi connectivity index (χ3v) is 2.86. The molecule has 0 unspecified atom stereocenters. The highest BCUT2D eigenvalue weighted by Crippen LogP contribution is 2.08. The number of benzene rings is 1. The first-order valence-corrected chi connectivity index (χ1v) is 6.65. The quantitative estimate of drug-likeness (QED) is 0.698. The van der Waals surface area contributed by atoms with Crippen LogP contribution in [0.3, 0.4) is 0 Å². The molecule has 0 radical (unpaired) electrons. The van der Waals surface area contributed by atoms with Crippen molar-refractivity contribution >= 4 is 11.6 Å². The van der Waals surface area contributed by atoms with E-state index in [9.17, 15) is 0 Å². The molecule has 0 spiro atoms. The molecule has 1 N–H and O–H groups in total. The molecule has 3 rings (SSSR count). The molecule has 0 fully saturated rings. The largest absolute Gasteiger partial charge is 0.494 e. The summed E-state index contributed by atoms with van der Waals surface area (Å²) < 4.78 is 7.37. The van der Waals surface area contributed by atoms with Gasteiger partial charge in [-0.3, -0.25) is 0 Å². The van der Waals surface area contributed by atoms with E-state index in [4.69, 9.17) is 4.74 Å². The second kappa shape index (κ2) is 6.06. The van der Waals surface area contributed by atoms with Crippen LogP contribution in [0.5, 0.6) is 5.75 Å². The number of nitrogens with one attached hydrogen (secondary N) is 1. The van der Waals surface area contributed by atoms with E-state index in [1.807, 2.05) is 54.7 Å². The van der Waals surface area contributed by atoms with E-state index < -0.39 is 0 Å². The highest BCUT2D eigenvalue weighted by molar-refractivity contribution is 5.42. The van der Waals surface area contributed by atoms with Crippen LogP contribution >= 0.6 is 0 Å². The lowest BCUT2D eigenvalue weighted by Gasteiger charge is -2.05. The van der Waals surface area contributed by atoms with E-state index in [2.05, 4.69) is 15.4 Å². The van der Waals surface area contributed by atoms with Gasteiger partial charge in [0.2, 0.25) is 5.95 Å². The summed E-state index contributed by atoms with van der Waals surface area (Å²) in [7, 11) is 0. The zero-order valence-corrected chi connectivity index (χ0v) is 11.1. The molecule has 1 aromatic carbocycles. The lowest BCUT2D eigenvalue weighted by atomic mass is 10.3. The minimum Gasteiger partial charge on any atom is -0.494 e. The molecule has 0 aliphatic heterocycles. The summed E-state index contributed by atoms with van der Waals surface area (Å²) in [5, 5.41) is 7.52. The van der Waals surface area contributed by atoms with Gasteiger partial charge < -0.3 is 10.1 Å². The number of nitrogens with zero attached hydrogens (tertiary/aromatic N) is 3. The van der Waals surface area contributed by atoms with Crippen molar-refractivity contribution in [3.63, 3.8) is 0 Å². The van der Waals surface area contributed by atoms with Gasteiger partial charge in [0.25, 0.3) is 0 Å². The highest BCUT2D eigenvalue weighted by Gasteiger charge is 2.01. The molecule has 2 heterocycles. The smallest absolute Gasteiger partial charge is 0.243 e. The Morgan fingerprint density at radius 2 is 1.90 bits per heavy atom. The SMILES string of the molecule is c1ccc(OCCCNc2nc3ccccn3n2)cc1. The Hall–Kier alpha value is -2.56. The second-order valence-electron chi connectivity index (χ2n) is 4.38. The van der Waals surface area contributed by atoms with E-state index in [0.717, 1.165) is 24.4 Å². The lowest BCUT2D eigenvalue weighted by Crippen LogP contribution is -2.08. The van der Waals surface area contributed by atoms with Gasteiger partial charge in [0.05, 0.1) is 6.61 Å². The minimum atomic E-state index is 0.649. The fourth-order valence-corrected chi connectivity index (χ4v) is 1.89. The van der Waals surface area contributed by atoms with Crippen molar-refractivity contribution in [3.8, 4) is 5.75 Å². The van der Waals surface area contributed by atoms with Crippen molar-refractivity contribution < 1.29 is 4.74 Å². The fraction of sp³-hybridized carbons (Fsp3) is 0.200. The number of ether oxygens (including phenoxy) is 1. The molecule has 3 aromatic rings. The molecular weight excluding hydrogens is 252 g/mol. The van der Waals surface area contributed by atoms with Gasteiger partial charge >= 0.3 is 0 Å². The number of fused-ring (bicyclic) bond motifs is 1. The van der Waals surface area contributed by atoms with Gasteiger partial charge in [-0.1, -0.05) is 24.3 Å². The molecule has 102 valence electrons. The minimum absolute atomic E-state index is 0.649. The topological polar surface area (TPSA) is 51.5 Å². The van der Waals surface area contributed by atoms with E-state index >= 15 is 0 Å². The maximum Gasteiger partial charge on any atom is 0.243 e. The van der Waals surface area contributed by atoms with E-state index in [-0.39, 0.29) is 0 Å². The number of aromatic nitrogens is 3. The predicted molar refractivity (Wildman–Crippen MR) is 78.0 cm³/mol. The first kappa shape index (κ1) is 12.5. The molecule has 0 aliphatic carbocycles. The molecule has 0 atom stereocenters. The number of hydrogen-bond acceptors (Lipinski definition) is 4. The number of rotatable bonds is 6. The lowest BCUT2D eigenvalue weighted by molar-refractivity contribution is 0.315. The van der Waals surface area contributed by atoms with Crippen molar-refractivity contribution in [2.24, 2.45) is 0 Å². The number of hydrogen-bond donors (Lipinski definition) is 1. The molecule has 0 saturated carbocycles. The highest BCUT2D eigenvalue weighted by atomic mass is 16.5. The summed E-state index contributed by atoms with van der Waals surface area (Å²) in [4.78, 5) is 4.37. The monoisotopic (exact) mass is 268 g/mol. The van der Waals surface area contributed by atoms with Crippen LogP contribution in [0.1, 0.15) is 6.42 Å². The Bertz CT molecular complexity index is 633. The molecule has 2 aromatic heterocycles. The van der Waals surface area contributed by atoms with Crippen molar-refractivity contribution in [1.29, 1.82) is 0 Å². The van der Waals surface area contributed by atoms with Crippen LogP contribution in [-0.4, -0.2) is 27.7 Å². The van der Waals surface area contributed by atoms with Crippen LogP contribution in [0.2, 0.25) is 0 Å². The number of para-hydroxylation sites is 1. The van der Waals surface area contributed by atoms with Crippen molar-refractivity contribution in [3.05, 3.63) is 54.7 Å². The summed E-state index contributed by atoms with van der Waals surface area (Å²) in [6, 6.07) is 15.6. The van der Waals surface area contributed by atoms with Crippen molar-refractivity contribution in [1.82, 2.24) is 14.6 Å². The second-order valence-corrected chi connectivity index (χ2v) is 4.38. The molecule has 5 nitrogen and oxygen atoms in total. The Morgan fingerprint density at radius 1 is 1.05 bits per heavy atom. The predicted octanol–water partition coefficient (Wildman–Crippen LogP) is 2.61. The average Bonchev–Trinajstić information content (AvgIpc) is 2.90. The van der Waals surface area contributed by atoms with Crippen LogP contribution in [0.25, 0.3) is 5.65 Å². The van der Waals surface area contributed by atoms with Gasteiger partial charge in [0.15, 0.2) is 5.65 Å². The van der Waals surface area contributed by atoms with Crippen LogP contribution in [-0.2, 0) is 0 Å². The Morgan fingerprint density at radius 3 is 2.75 bits per heavy atom. The first-order chi connectivity index (χ1) is 9.92. The normalized spacial score (nSPS) is 10.6. The van der Waals surface area contributed by atoms with Gasteiger partial charge in [-0.25, -0.2) is 4.52 Å². The Kier molecular flexibility index (Phi) is 3.78. The molecular formula is C15H16N4O. The van der Waals surface area contributed by atoms with Gasteiger partial charge in [0, 0.05) is 12.7 Å². The van der Waals surface area contributed by atoms with Gasteiger partial charge in [0.1, 0.15) is 5.75 Å². The van der Waals surface area contributed by atoms with Crippen LogP contribution in [0.4, 0.5) is 5.95 Å². The summed E-state index contributed by atoms with van der Waals surface area (Å²) in [6.07, 6.45) is 2.77. The van der Waals surface area contributed by atoms with Crippen molar-refractivity contribution in [2.45, 2.75) is 6.42 Å². The summed E-state index contributed by atoms with van der Waals surface area (Å²) >= 11 is 0. The Balaban J connectivity index is 1.43. The van der Waals surface area contributed by atoms with E-state index in [0.29, 0.717) is 12.6 Å². The maximum atomic E-state index is 5.62. The maximum absolute atomic E-state index is 5.62. The fourth-order valence-electron chi connectivity index (χ4n) is 1.89. The third kappa shape index (κ3) is 3.06. The zero-order valence-electron chi connectivity index (χ0n) is 11.1. The first-order valence-electron chi connectivity index (χ1n) is 6.65. The summed E-state index contributed by atoms with van der Waals surface area (Å²) in [5.74, 6) is 1.55. The molecule has 5 heteroatoms. The number of pyridine rings is 1. The zero-order chi connectivity index (χ0) is 13.6. The van der Waals surface area contributed by atoms with Crippen LogP contribution in [0.15, 0.2) is 54.7 Å². The Labute approximate surface area is 117 Å². The van der Waals surface area contributed by atoms with Crippen molar-refractivity contribution in [2.75, 3.05) is 18.5 Å². The van der Waals surface area contributed by atoms with Crippen LogP contribution < -0.4 is 10.1 Å². The molecule has 0 saturated heterocycles. The van der Waals surface area contributed by atoms with Gasteiger partial charge in [-0.2, -0.15) is 4.98 Å². The molecule has 0 amide bonds. The van der Waals surface area contributed by atoms with Crippen LogP contribution in [0, 0.1) is 0 Å². The van der Waals surface area contributed by atoms with Gasteiger partial charge in [-0.15, -0.1) is 5.10 Å². The molecule has 0 bridgehead atoms. The standard InChI is InChI=1S/C15H16N4O/c1-2-7-13(8-3-1)20-12-6-10-16-15-17-14-9-4-5-11-19(14)18-15/h1-5,7-9,11H,6,10,12H2,(H,16,18). The molecule has 20 heavy (non-hydrogen) atoms. The van der Waals surface area contributed by atoms with E-state index in [1.165, 1.54) is 0 Å². The molecule has 0 aliphatic rings. The summed E-state index contributed by atoms with van der Waals surface area (Å²) in [5.41, 5.74) is 0.843. The van der Waals surface area contributed by atoms with Gasteiger partial charge in [-0.05, 0) is 30.7 Å². The summed E-state index contributed by atoms with van der Waals surface area (Å²) in [6.45, 7) is 1.45. The number of anilines is 1. The van der Waals surface area contributed by atoms with E-state index in [1.54, 1.807) is 4.52 Å².